The summed E-state index contributed by atoms with van der Waals surface area (Å²) in [6.07, 6.45) is 2.64. The van der Waals surface area contributed by atoms with Crippen LogP contribution in [-0.4, -0.2) is 31.1 Å². The standard InChI is InChI=1S/C24H28N2O3/c1-5-13-26(17-20-8-6-19(16-25)7-9-20)24(27)21-10-11-22(23(15-21)28-4)29-14-12-18(2)3/h5-11,15,18H,1,12-14,17H2,2-4H3. The number of hydrogen-bond donors (Lipinski definition) is 0. The van der Waals surface area contributed by atoms with Crippen LogP contribution < -0.4 is 9.47 Å². The zero-order chi connectivity index (χ0) is 21.2. The molecule has 0 saturated heterocycles. The van der Waals surface area contributed by atoms with Crippen LogP contribution in [0.1, 0.15) is 41.8 Å². The highest BCUT2D eigenvalue weighted by molar-refractivity contribution is 5.95. The van der Waals surface area contributed by atoms with Crippen LogP contribution in [0.2, 0.25) is 0 Å². The molecule has 0 bridgehead atoms. The minimum atomic E-state index is -0.124. The Morgan fingerprint density at radius 2 is 1.93 bits per heavy atom. The van der Waals surface area contributed by atoms with Crippen LogP contribution in [0.4, 0.5) is 0 Å². The number of rotatable bonds is 10. The molecule has 5 heteroatoms. The molecule has 0 aromatic heterocycles. The molecule has 0 N–H and O–H groups in total. The van der Waals surface area contributed by atoms with Crippen molar-refractivity contribution in [3.05, 3.63) is 71.8 Å². The van der Waals surface area contributed by atoms with Gasteiger partial charge in [0.25, 0.3) is 5.91 Å². The molecule has 0 spiro atoms. The number of nitriles is 1. The Balaban J connectivity index is 2.17. The van der Waals surface area contributed by atoms with Gasteiger partial charge in [-0.25, -0.2) is 0 Å². The smallest absolute Gasteiger partial charge is 0.254 e. The van der Waals surface area contributed by atoms with E-state index in [9.17, 15) is 4.79 Å². The number of carbonyl (C=O) groups is 1. The fourth-order valence-electron chi connectivity index (χ4n) is 2.79. The first-order valence-corrected chi connectivity index (χ1v) is 9.68. The molecule has 2 aromatic carbocycles. The summed E-state index contributed by atoms with van der Waals surface area (Å²) in [6, 6.07) is 14.5. The molecule has 0 aliphatic heterocycles. The van der Waals surface area contributed by atoms with E-state index in [1.54, 1.807) is 48.4 Å². The van der Waals surface area contributed by atoms with E-state index in [2.05, 4.69) is 26.5 Å². The Labute approximate surface area is 173 Å². The van der Waals surface area contributed by atoms with Crippen molar-refractivity contribution in [1.29, 1.82) is 5.26 Å². The minimum Gasteiger partial charge on any atom is -0.493 e. The predicted molar refractivity (Wildman–Crippen MR) is 114 cm³/mol. The molecule has 0 aliphatic rings. The maximum Gasteiger partial charge on any atom is 0.254 e. The van der Waals surface area contributed by atoms with Crippen molar-refractivity contribution in [3.63, 3.8) is 0 Å². The number of nitrogens with zero attached hydrogens (tertiary/aromatic N) is 2. The lowest BCUT2D eigenvalue weighted by molar-refractivity contribution is 0.0762. The van der Waals surface area contributed by atoms with Crippen LogP contribution in [-0.2, 0) is 6.54 Å². The van der Waals surface area contributed by atoms with Crippen LogP contribution in [0.25, 0.3) is 0 Å². The molecule has 0 atom stereocenters. The van der Waals surface area contributed by atoms with Crippen molar-refractivity contribution in [2.45, 2.75) is 26.8 Å². The summed E-state index contributed by atoms with van der Waals surface area (Å²) < 4.78 is 11.2. The van der Waals surface area contributed by atoms with Crippen LogP contribution in [0.5, 0.6) is 11.5 Å². The molecule has 0 aliphatic carbocycles. The average molecular weight is 392 g/mol. The van der Waals surface area contributed by atoms with Gasteiger partial charge >= 0.3 is 0 Å². The van der Waals surface area contributed by atoms with Gasteiger partial charge in [-0.1, -0.05) is 32.1 Å². The van der Waals surface area contributed by atoms with Crippen molar-refractivity contribution >= 4 is 5.91 Å². The van der Waals surface area contributed by atoms with E-state index in [4.69, 9.17) is 14.7 Å². The van der Waals surface area contributed by atoms with Crippen LogP contribution >= 0.6 is 0 Å². The lowest BCUT2D eigenvalue weighted by atomic mass is 10.1. The molecular formula is C24H28N2O3. The first-order valence-electron chi connectivity index (χ1n) is 9.68. The third-order valence-corrected chi connectivity index (χ3v) is 4.46. The number of hydrogen-bond acceptors (Lipinski definition) is 4. The zero-order valence-electron chi connectivity index (χ0n) is 17.4. The van der Waals surface area contributed by atoms with Crippen molar-refractivity contribution in [2.75, 3.05) is 20.3 Å². The number of ether oxygens (including phenoxy) is 2. The van der Waals surface area contributed by atoms with Gasteiger partial charge in [0.15, 0.2) is 11.5 Å². The van der Waals surface area contributed by atoms with Gasteiger partial charge in [-0.3, -0.25) is 4.79 Å². The second-order valence-electron chi connectivity index (χ2n) is 7.18. The molecule has 152 valence electrons. The molecule has 2 aromatic rings. The summed E-state index contributed by atoms with van der Waals surface area (Å²) in [6.45, 7) is 9.48. The van der Waals surface area contributed by atoms with E-state index in [0.717, 1.165) is 12.0 Å². The monoisotopic (exact) mass is 392 g/mol. The minimum absolute atomic E-state index is 0.124. The summed E-state index contributed by atoms with van der Waals surface area (Å²) in [5.74, 6) is 1.60. The quantitative estimate of drug-likeness (QED) is 0.544. The van der Waals surface area contributed by atoms with E-state index in [1.165, 1.54) is 0 Å². The highest BCUT2D eigenvalue weighted by atomic mass is 16.5. The van der Waals surface area contributed by atoms with E-state index < -0.39 is 0 Å². The second-order valence-corrected chi connectivity index (χ2v) is 7.18. The second kappa shape index (κ2) is 10.9. The van der Waals surface area contributed by atoms with Gasteiger partial charge in [-0.2, -0.15) is 5.26 Å². The molecule has 0 saturated carbocycles. The Hall–Kier alpha value is -3.26. The Kier molecular flexibility index (Phi) is 8.29. The van der Waals surface area contributed by atoms with Crippen molar-refractivity contribution < 1.29 is 14.3 Å². The van der Waals surface area contributed by atoms with Crippen molar-refractivity contribution in [3.8, 4) is 17.6 Å². The highest BCUT2D eigenvalue weighted by Crippen LogP contribution is 2.29. The average Bonchev–Trinajstić information content (AvgIpc) is 2.73. The van der Waals surface area contributed by atoms with E-state index >= 15 is 0 Å². The summed E-state index contributed by atoms with van der Waals surface area (Å²) in [4.78, 5) is 14.8. The van der Waals surface area contributed by atoms with Gasteiger partial charge < -0.3 is 14.4 Å². The Morgan fingerprint density at radius 1 is 1.21 bits per heavy atom. The molecular weight excluding hydrogens is 364 g/mol. The largest absolute Gasteiger partial charge is 0.493 e. The maximum absolute atomic E-state index is 13.1. The maximum atomic E-state index is 13.1. The van der Waals surface area contributed by atoms with Gasteiger partial charge in [-0.05, 0) is 48.2 Å². The third kappa shape index (κ3) is 6.39. The van der Waals surface area contributed by atoms with E-state index in [0.29, 0.717) is 48.2 Å². The molecule has 0 radical (unpaired) electrons. The Morgan fingerprint density at radius 3 is 2.52 bits per heavy atom. The van der Waals surface area contributed by atoms with Crippen LogP contribution in [0.15, 0.2) is 55.1 Å². The normalized spacial score (nSPS) is 10.3. The van der Waals surface area contributed by atoms with Gasteiger partial charge in [0.2, 0.25) is 0 Å². The topological polar surface area (TPSA) is 62.6 Å². The zero-order valence-corrected chi connectivity index (χ0v) is 17.4. The van der Waals surface area contributed by atoms with E-state index in [1.807, 2.05) is 12.1 Å². The number of carbonyl (C=O) groups excluding carboxylic acids is 1. The molecule has 2 rings (SSSR count). The first kappa shape index (κ1) is 22.0. The van der Waals surface area contributed by atoms with Gasteiger partial charge in [0.05, 0.1) is 25.3 Å². The summed E-state index contributed by atoms with van der Waals surface area (Å²) >= 11 is 0. The fraction of sp³-hybridized carbons (Fsp3) is 0.333. The van der Waals surface area contributed by atoms with Gasteiger partial charge in [0, 0.05) is 18.7 Å². The first-order chi connectivity index (χ1) is 14.0. The number of methoxy groups -OCH3 is 1. The van der Waals surface area contributed by atoms with Gasteiger partial charge in [0.1, 0.15) is 0 Å². The molecule has 0 fully saturated rings. The predicted octanol–water partition coefficient (Wildman–Crippen LogP) is 4.82. The van der Waals surface area contributed by atoms with E-state index in [-0.39, 0.29) is 5.91 Å². The number of benzene rings is 2. The SMILES string of the molecule is C=CCN(Cc1ccc(C#N)cc1)C(=O)c1ccc(OCCC(C)C)c(OC)c1. The van der Waals surface area contributed by atoms with Gasteiger partial charge in [-0.15, -0.1) is 6.58 Å². The number of amides is 1. The molecule has 5 nitrogen and oxygen atoms in total. The van der Waals surface area contributed by atoms with Crippen molar-refractivity contribution in [1.82, 2.24) is 4.90 Å². The van der Waals surface area contributed by atoms with Crippen LogP contribution in [0.3, 0.4) is 0 Å². The molecule has 1 amide bonds. The summed E-state index contributed by atoms with van der Waals surface area (Å²) in [5, 5.41) is 8.93. The molecule has 29 heavy (non-hydrogen) atoms. The van der Waals surface area contributed by atoms with Crippen molar-refractivity contribution in [2.24, 2.45) is 5.92 Å². The third-order valence-electron chi connectivity index (χ3n) is 4.46. The molecule has 0 unspecified atom stereocenters. The molecule has 0 heterocycles. The van der Waals surface area contributed by atoms with Crippen LogP contribution in [0, 0.1) is 17.2 Å². The fourth-order valence-corrected chi connectivity index (χ4v) is 2.79. The summed E-state index contributed by atoms with van der Waals surface area (Å²) in [7, 11) is 1.57. The lowest BCUT2D eigenvalue weighted by Crippen LogP contribution is -2.30. The summed E-state index contributed by atoms with van der Waals surface area (Å²) in [5.41, 5.74) is 2.06. The highest BCUT2D eigenvalue weighted by Gasteiger charge is 2.18. The lowest BCUT2D eigenvalue weighted by Gasteiger charge is -2.22. The Bertz CT molecular complexity index is 867.